The molecule has 19 heavy (non-hydrogen) atoms. The van der Waals surface area contributed by atoms with Crippen LogP contribution in [0.1, 0.15) is 58.8 Å². The Labute approximate surface area is 116 Å². The van der Waals surface area contributed by atoms with Crippen LogP contribution in [0.5, 0.6) is 0 Å². The summed E-state index contributed by atoms with van der Waals surface area (Å²) in [5.41, 5.74) is -0.631. The number of carbonyl (C=O) groups excluding carboxylic acids is 1. The van der Waals surface area contributed by atoms with Gasteiger partial charge in [-0.15, -0.1) is 0 Å². The molecule has 0 aromatic heterocycles. The van der Waals surface area contributed by atoms with Gasteiger partial charge in [0.05, 0.1) is 19.1 Å². The molecule has 1 saturated carbocycles. The van der Waals surface area contributed by atoms with E-state index in [-0.39, 0.29) is 5.91 Å². The molecule has 0 aromatic rings. The van der Waals surface area contributed by atoms with Gasteiger partial charge in [0.1, 0.15) is 5.54 Å². The second kappa shape index (κ2) is 8.16. The number of ether oxygens (including phenoxy) is 1. The highest BCUT2D eigenvalue weighted by Crippen LogP contribution is 2.33. The van der Waals surface area contributed by atoms with Gasteiger partial charge in [0, 0.05) is 6.61 Å². The molecule has 1 rings (SSSR count). The third kappa shape index (κ3) is 5.20. The van der Waals surface area contributed by atoms with Crippen molar-refractivity contribution < 1.29 is 9.53 Å². The van der Waals surface area contributed by atoms with Crippen molar-refractivity contribution in [3.63, 3.8) is 0 Å². The summed E-state index contributed by atoms with van der Waals surface area (Å²) in [7, 11) is 0. The number of nitrogens with zero attached hydrogens (tertiary/aromatic N) is 1. The van der Waals surface area contributed by atoms with E-state index in [4.69, 9.17) is 4.74 Å². The van der Waals surface area contributed by atoms with E-state index in [0.717, 1.165) is 32.1 Å². The third-order valence-corrected chi connectivity index (χ3v) is 3.95. The predicted molar refractivity (Wildman–Crippen MR) is 74.5 cm³/mol. The minimum Gasteiger partial charge on any atom is -0.381 e. The lowest BCUT2D eigenvalue weighted by Gasteiger charge is -2.35. The summed E-state index contributed by atoms with van der Waals surface area (Å²) < 4.78 is 5.30. The highest BCUT2D eigenvalue weighted by molar-refractivity contribution is 5.77. The first kappa shape index (κ1) is 16.0. The van der Waals surface area contributed by atoms with Gasteiger partial charge in [-0.3, -0.25) is 4.79 Å². The lowest BCUT2D eigenvalue weighted by Crippen LogP contribution is -2.49. The molecular weight excluding hydrogens is 240 g/mol. The molecule has 0 aromatic carbocycles. The van der Waals surface area contributed by atoms with Crippen LogP contribution >= 0.6 is 0 Å². The van der Waals surface area contributed by atoms with Crippen LogP contribution in [0.4, 0.5) is 0 Å². The van der Waals surface area contributed by atoms with Gasteiger partial charge in [-0.2, -0.15) is 5.26 Å². The minimum atomic E-state index is -0.631. The fraction of sp³-hybridized carbons (Fsp3) is 0.867. The number of nitriles is 1. The van der Waals surface area contributed by atoms with Crippen molar-refractivity contribution in [2.24, 2.45) is 5.92 Å². The number of amides is 1. The maximum Gasteiger partial charge on any atom is 0.223 e. The Bertz CT molecular complexity index is 315. The smallest absolute Gasteiger partial charge is 0.223 e. The van der Waals surface area contributed by atoms with Gasteiger partial charge < -0.3 is 10.1 Å². The number of rotatable bonds is 7. The van der Waals surface area contributed by atoms with E-state index in [1.165, 1.54) is 6.42 Å². The fourth-order valence-corrected chi connectivity index (χ4v) is 2.58. The summed E-state index contributed by atoms with van der Waals surface area (Å²) in [4.78, 5) is 11.8. The lowest BCUT2D eigenvalue weighted by atomic mass is 9.76. The Kier molecular flexibility index (Phi) is 6.86. The summed E-state index contributed by atoms with van der Waals surface area (Å²) in [6, 6.07) is 2.32. The molecule has 1 fully saturated rings. The SMILES string of the molecule is CCCOCCC(=O)NC1(C#N)CCC(CC)CC1. The van der Waals surface area contributed by atoms with Gasteiger partial charge >= 0.3 is 0 Å². The van der Waals surface area contributed by atoms with Crippen LogP contribution < -0.4 is 5.32 Å². The first-order valence-electron chi connectivity index (χ1n) is 7.45. The zero-order chi connectivity index (χ0) is 14.1. The number of carbonyl (C=O) groups is 1. The summed E-state index contributed by atoms with van der Waals surface area (Å²) in [6.07, 6.45) is 6.11. The van der Waals surface area contributed by atoms with Crippen molar-refractivity contribution in [2.45, 2.75) is 64.3 Å². The normalized spacial score (nSPS) is 26.7. The second-order valence-corrected chi connectivity index (χ2v) is 5.46. The van der Waals surface area contributed by atoms with Crippen LogP contribution in [-0.4, -0.2) is 24.7 Å². The first-order valence-corrected chi connectivity index (χ1v) is 7.45. The van der Waals surface area contributed by atoms with Crippen molar-refractivity contribution in [1.82, 2.24) is 5.32 Å². The summed E-state index contributed by atoms with van der Waals surface area (Å²) in [6.45, 7) is 5.36. The number of hydrogen-bond acceptors (Lipinski definition) is 3. The number of hydrogen-bond donors (Lipinski definition) is 1. The maximum absolute atomic E-state index is 11.8. The maximum atomic E-state index is 11.8. The van der Waals surface area contributed by atoms with Gasteiger partial charge in [0.25, 0.3) is 0 Å². The molecule has 4 heteroatoms. The van der Waals surface area contributed by atoms with Crippen LogP contribution in [0.15, 0.2) is 0 Å². The van der Waals surface area contributed by atoms with E-state index < -0.39 is 5.54 Å². The van der Waals surface area contributed by atoms with Gasteiger partial charge in [-0.1, -0.05) is 20.3 Å². The van der Waals surface area contributed by atoms with Crippen molar-refractivity contribution in [3.05, 3.63) is 0 Å². The monoisotopic (exact) mass is 266 g/mol. The van der Waals surface area contributed by atoms with E-state index in [1.807, 2.05) is 6.92 Å². The molecule has 4 nitrogen and oxygen atoms in total. The van der Waals surface area contributed by atoms with Crippen molar-refractivity contribution in [3.8, 4) is 6.07 Å². The van der Waals surface area contributed by atoms with E-state index >= 15 is 0 Å². The molecule has 0 unspecified atom stereocenters. The molecule has 1 amide bonds. The van der Waals surface area contributed by atoms with Crippen molar-refractivity contribution in [1.29, 1.82) is 5.26 Å². The van der Waals surface area contributed by atoms with Crippen LogP contribution in [0.25, 0.3) is 0 Å². The summed E-state index contributed by atoms with van der Waals surface area (Å²) >= 11 is 0. The molecular formula is C15H26N2O2. The summed E-state index contributed by atoms with van der Waals surface area (Å²) in [5.74, 6) is 0.652. The Morgan fingerprint density at radius 1 is 1.37 bits per heavy atom. The molecule has 0 spiro atoms. The Morgan fingerprint density at radius 2 is 2.05 bits per heavy atom. The largest absolute Gasteiger partial charge is 0.381 e. The molecule has 0 heterocycles. The number of nitrogens with one attached hydrogen (secondary N) is 1. The first-order chi connectivity index (χ1) is 9.15. The standard InChI is InChI=1S/C15H26N2O2/c1-3-10-19-11-7-14(18)17-15(12-16)8-5-13(4-2)6-9-15/h13H,3-11H2,1-2H3,(H,17,18). The second-order valence-electron chi connectivity index (χ2n) is 5.46. The topological polar surface area (TPSA) is 62.1 Å². The molecule has 0 radical (unpaired) electrons. The molecule has 108 valence electrons. The fourth-order valence-electron chi connectivity index (χ4n) is 2.58. The minimum absolute atomic E-state index is 0.0624. The van der Waals surface area contributed by atoms with Gasteiger partial charge in [-0.05, 0) is 38.0 Å². The van der Waals surface area contributed by atoms with Crippen LogP contribution in [0.2, 0.25) is 0 Å². The quantitative estimate of drug-likeness (QED) is 0.721. The average molecular weight is 266 g/mol. The zero-order valence-electron chi connectivity index (χ0n) is 12.2. The Morgan fingerprint density at radius 3 is 2.58 bits per heavy atom. The molecule has 1 aliphatic carbocycles. The molecule has 1 aliphatic rings. The third-order valence-electron chi connectivity index (χ3n) is 3.95. The highest BCUT2D eigenvalue weighted by Gasteiger charge is 2.36. The van der Waals surface area contributed by atoms with Crippen LogP contribution in [0, 0.1) is 17.2 Å². The summed E-state index contributed by atoms with van der Waals surface area (Å²) in [5, 5.41) is 12.3. The molecule has 1 N–H and O–H groups in total. The van der Waals surface area contributed by atoms with E-state index in [0.29, 0.717) is 25.6 Å². The van der Waals surface area contributed by atoms with Gasteiger partial charge in [0.2, 0.25) is 5.91 Å². The van der Waals surface area contributed by atoms with E-state index in [2.05, 4.69) is 18.3 Å². The van der Waals surface area contributed by atoms with Gasteiger partial charge in [-0.25, -0.2) is 0 Å². The van der Waals surface area contributed by atoms with Crippen molar-refractivity contribution >= 4 is 5.91 Å². The van der Waals surface area contributed by atoms with Crippen LogP contribution in [-0.2, 0) is 9.53 Å². The highest BCUT2D eigenvalue weighted by atomic mass is 16.5. The van der Waals surface area contributed by atoms with Gasteiger partial charge in [0.15, 0.2) is 0 Å². The molecule has 0 bridgehead atoms. The lowest BCUT2D eigenvalue weighted by molar-refractivity contribution is -0.123. The molecule has 0 aliphatic heterocycles. The molecule has 0 saturated heterocycles. The predicted octanol–water partition coefficient (Wildman–Crippen LogP) is 2.78. The zero-order valence-corrected chi connectivity index (χ0v) is 12.2. The molecule has 0 atom stereocenters. The van der Waals surface area contributed by atoms with E-state index in [1.54, 1.807) is 0 Å². The van der Waals surface area contributed by atoms with Crippen molar-refractivity contribution in [2.75, 3.05) is 13.2 Å². The average Bonchev–Trinajstić information content (AvgIpc) is 2.44. The van der Waals surface area contributed by atoms with E-state index in [9.17, 15) is 10.1 Å². The Hall–Kier alpha value is -1.08. The Balaban J connectivity index is 2.36. The van der Waals surface area contributed by atoms with Crippen LogP contribution in [0.3, 0.4) is 0 Å².